The predicted molar refractivity (Wildman–Crippen MR) is 189 cm³/mol. The molecule has 6 rings (SSSR count). The molecule has 1 saturated carbocycles. The summed E-state index contributed by atoms with van der Waals surface area (Å²) in [7, 11) is 0. The Morgan fingerprint density at radius 1 is 1.10 bits per heavy atom. The molecule has 2 aliphatic rings. The molecule has 2 aromatic heterocycles. The maximum Gasteiger partial charge on any atom is 0.410 e. The second kappa shape index (κ2) is 14.2. The van der Waals surface area contributed by atoms with Crippen molar-refractivity contribution in [3.05, 3.63) is 77.5 Å². The van der Waals surface area contributed by atoms with Crippen LogP contribution >= 0.6 is 11.6 Å². The SMILES string of the molecule is CC(C)(C)OC(=O)N(CCCNC[C@H]1C[C@@H](n2cc(-c3ccccc3)c3c(N)nc(Cl)nc32)[C@@H]2OC(C)(C)O[C@H]12)CCc1ccc(F)cc1. The van der Waals surface area contributed by atoms with Crippen molar-refractivity contribution < 1.29 is 23.4 Å². The molecular weight excluding hydrogens is 647 g/mol. The lowest BCUT2D eigenvalue weighted by Gasteiger charge is -2.28. The molecule has 4 atom stereocenters. The summed E-state index contributed by atoms with van der Waals surface area (Å²) in [5, 5.41) is 4.48. The highest BCUT2D eigenvalue weighted by Gasteiger charge is 2.54. The zero-order chi connectivity index (χ0) is 34.9. The molecule has 0 spiro atoms. The van der Waals surface area contributed by atoms with E-state index in [0.29, 0.717) is 44.1 Å². The second-order valence-corrected chi connectivity index (χ2v) is 14.8. The molecule has 2 fully saturated rings. The van der Waals surface area contributed by atoms with Crippen LogP contribution in [0.5, 0.6) is 0 Å². The van der Waals surface area contributed by atoms with E-state index in [1.165, 1.54) is 12.1 Å². The quantitative estimate of drug-likeness (QED) is 0.127. The third-order valence-electron chi connectivity index (χ3n) is 9.09. The summed E-state index contributed by atoms with van der Waals surface area (Å²) in [4.78, 5) is 23.7. The van der Waals surface area contributed by atoms with Crippen molar-refractivity contribution >= 4 is 34.5 Å². The van der Waals surface area contributed by atoms with Gasteiger partial charge >= 0.3 is 6.09 Å². The van der Waals surface area contributed by atoms with Gasteiger partial charge in [-0.2, -0.15) is 4.98 Å². The van der Waals surface area contributed by atoms with Gasteiger partial charge in [-0.05, 0) is 95.3 Å². The van der Waals surface area contributed by atoms with Gasteiger partial charge in [0.1, 0.15) is 29.0 Å². The van der Waals surface area contributed by atoms with E-state index in [9.17, 15) is 9.18 Å². The van der Waals surface area contributed by atoms with Crippen LogP contribution < -0.4 is 11.1 Å². The van der Waals surface area contributed by atoms with Gasteiger partial charge in [-0.25, -0.2) is 14.2 Å². The van der Waals surface area contributed by atoms with Crippen LogP contribution in [-0.4, -0.2) is 75.3 Å². The number of nitrogens with zero attached hydrogens (tertiary/aromatic N) is 4. The third kappa shape index (κ3) is 8.17. The van der Waals surface area contributed by atoms with E-state index in [-0.39, 0.29) is 41.4 Å². The average molecular weight is 693 g/mol. The van der Waals surface area contributed by atoms with E-state index in [1.807, 2.05) is 65.0 Å². The van der Waals surface area contributed by atoms with Crippen LogP contribution in [0.25, 0.3) is 22.2 Å². The summed E-state index contributed by atoms with van der Waals surface area (Å²) in [6.45, 7) is 11.9. The first-order chi connectivity index (χ1) is 23.3. The van der Waals surface area contributed by atoms with Gasteiger partial charge in [-0.1, -0.05) is 42.5 Å². The maximum atomic E-state index is 13.4. The first-order valence-corrected chi connectivity index (χ1v) is 17.3. The van der Waals surface area contributed by atoms with Gasteiger partial charge in [0.25, 0.3) is 0 Å². The normalized spacial score (nSPS) is 21.6. The van der Waals surface area contributed by atoms with Crippen molar-refractivity contribution in [3.8, 4) is 11.1 Å². The topological polar surface area (TPSA) is 117 Å². The van der Waals surface area contributed by atoms with E-state index in [2.05, 4.69) is 26.0 Å². The van der Waals surface area contributed by atoms with Crippen molar-refractivity contribution in [2.75, 3.05) is 31.9 Å². The number of rotatable bonds is 11. The van der Waals surface area contributed by atoms with Crippen molar-refractivity contribution in [2.24, 2.45) is 5.92 Å². The molecule has 1 aliphatic heterocycles. The van der Waals surface area contributed by atoms with Gasteiger partial charge in [0, 0.05) is 37.3 Å². The number of aromatic nitrogens is 3. The van der Waals surface area contributed by atoms with Gasteiger partial charge in [-0.3, -0.25) is 0 Å². The molecular formula is C37H46ClFN6O4. The van der Waals surface area contributed by atoms with E-state index in [4.69, 9.17) is 31.5 Å². The van der Waals surface area contributed by atoms with Gasteiger partial charge < -0.3 is 34.7 Å². The number of nitrogens with one attached hydrogen (secondary N) is 1. The molecule has 0 radical (unpaired) electrons. The van der Waals surface area contributed by atoms with Gasteiger partial charge in [0.15, 0.2) is 5.79 Å². The molecule has 3 heterocycles. The number of carbonyl (C=O) groups excluding carboxylic acids is 1. The number of hydrogen-bond donors (Lipinski definition) is 2. The van der Waals surface area contributed by atoms with Crippen molar-refractivity contribution in [2.45, 2.75) is 83.5 Å². The van der Waals surface area contributed by atoms with Gasteiger partial charge in [-0.15, -0.1) is 0 Å². The van der Waals surface area contributed by atoms with Crippen LogP contribution in [0.3, 0.4) is 0 Å². The highest BCUT2D eigenvalue weighted by Crippen LogP contribution is 2.48. The summed E-state index contributed by atoms with van der Waals surface area (Å²) in [6.07, 6.45) is 3.53. The van der Waals surface area contributed by atoms with Crippen molar-refractivity contribution in [1.82, 2.24) is 24.8 Å². The molecule has 3 N–H and O–H groups in total. The Kier molecular flexibility index (Phi) is 10.2. The van der Waals surface area contributed by atoms with Crippen LogP contribution in [0.2, 0.25) is 5.28 Å². The average Bonchev–Trinajstić information content (AvgIpc) is 3.67. The van der Waals surface area contributed by atoms with E-state index in [0.717, 1.165) is 34.9 Å². The fourth-order valence-electron chi connectivity index (χ4n) is 6.99. The lowest BCUT2D eigenvalue weighted by atomic mass is 10.1. The highest BCUT2D eigenvalue weighted by atomic mass is 35.5. The molecule has 1 saturated heterocycles. The Morgan fingerprint density at radius 2 is 1.82 bits per heavy atom. The lowest BCUT2D eigenvalue weighted by Crippen LogP contribution is -2.39. The smallest absolute Gasteiger partial charge is 0.410 e. The summed E-state index contributed by atoms with van der Waals surface area (Å²) in [5.41, 5.74) is 9.42. The Morgan fingerprint density at radius 3 is 2.53 bits per heavy atom. The van der Waals surface area contributed by atoms with Crippen LogP contribution in [0.4, 0.5) is 15.0 Å². The molecule has 10 nitrogen and oxygen atoms in total. The highest BCUT2D eigenvalue weighted by molar-refractivity contribution is 6.29. The minimum absolute atomic E-state index is 0.0713. The Labute approximate surface area is 292 Å². The first kappa shape index (κ1) is 35.1. The monoisotopic (exact) mass is 692 g/mol. The lowest BCUT2D eigenvalue weighted by molar-refractivity contribution is -0.160. The molecule has 1 amide bonds. The van der Waals surface area contributed by atoms with Gasteiger partial charge in [0.2, 0.25) is 5.28 Å². The van der Waals surface area contributed by atoms with E-state index in [1.54, 1.807) is 17.0 Å². The van der Waals surface area contributed by atoms with Crippen molar-refractivity contribution in [3.63, 3.8) is 0 Å². The minimum Gasteiger partial charge on any atom is -0.444 e. The number of nitrogen functional groups attached to an aromatic ring is 1. The Hall–Kier alpha value is -3.77. The Balaban J connectivity index is 1.14. The van der Waals surface area contributed by atoms with Crippen LogP contribution in [0, 0.1) is 11.7 Å². The molecule has 4 aromatic rings. The molecule has 12 heteroatoms. The maximum absolute atomic E-state index is 13.4. The number of anilines is 1. The van der Waals surface area contributed by atoms with Crippen molar-refractivity contribution in [1.29, 1.82) is 0 Å². The largest absolute Gasteiger partial charge is 0.444 e. The number of halogens is 2. The fraction of sp³-hybridized carbons (Fsp3) is 0.486. The number of ether oxygens (including phenoxy) is 3. The number of nitrogens with two attached hydrogens (primary N) is 1. The first-order valence-electron chi connectivity index (χ1n) is 17.0. The predicted octanol–water partition coefficient (Wildman–Crippen LogP) is 7.01. The molecule has 0 bridgehead atoms. The van der Waals surface area contributed by atoms with Crippen LogP contribution in [-0.2, 0) is 20.6 Å². The van der Waals surface area contributed by atoms with E-state index >= 15 is 0 Å². The molecule has 49 heavy (non-hydrogen) atoms. The summed E-state index contributed by atoms with van der Waals surface area (Å²) in [6, 6.07) is 16.4. The van der Waals surface area contributed by atoms with Crippen LogP contribution in [0.1, 0.15) is 59.1 Å². The Bertz CT molecular complexity index is 1760. The number of amides is 1. The number of fused-ring (bicyclic) bond motifs is 2. The standard InChI is InChI=1S/C37H46ClFN6O4/c1-36(2,3)49-35(46)44(19-16-23-12-14-26(39)15-13-23)18-9-17-41-21-25-20-28(31-30(25)47-37(4,5)48-31)45-22-27(24-10-7-6-8-11-24)29-32(40)42-34(38)43-33(29)45/h6-8,10-15,22,25,28,30-31,41H,9,16-21H2,1-5H3,(H2,40,42,43)/t25-,28-,30-,31+/m1/s1. The number of benzene rings is 2. The van der Waals surface area contributed by atoms with E-state index < -0.39 is 11.4 Å². The zero-order valence-corrected chi connectivity index (χ0v) is 29.5. The summed E-state index contributed by atoms with van der Waals surface area (Å²) < 4.78 is 34.3. The number of hydrogen-bond acceptors (Lipinski definition) is 8. The summed E-state index contributed by atoms with van der Waals surface area (Å²) in [5.74, 6) is -0.521. The zero-order valence-electron chi connectivity index (χ0n) is 28.8. The molecule has 2 aromatic carbocycles. The van der Waals surface area contributed by atoms with Crippen LogP contribution in [0.15, 0.2) is 60.8 Å². The number of carbonyl (C=O) groups is 1. The van der Waals surface area contributed by atoms with Gasteiger partial charge in [0.05, 0.1) is 17.5 Å². The second-order valence-electron chi connectivity index (χ2n) is 14.4. The summed E-state index contributed by atoms with van der Waals surface area (Å²) >= 11 is 6.34. The molecule has 262 valence electrons. The molecule has 1 aliphatic carbocycles. The third-order valence-corrected chi connectivity index (χ3v) is 9.26. The fourth-order valence-corrected chi connectivity index (χ4v) is 7.16. The minimum atomic E-state index is -0.735. The molecule has 0 unspecified atom stereocenters.